The Labute approximate surface area is 162 Å². The Bertz CT molecular complexity index is 699. The van der Waals surface area contributed by atoms with E-state index in [1.165, 1.54) is 16.8 Å². The molecule has 1 aromatic rings. The molecule has 2 N–H and O–H groups in total. The van der Waals surface area contributed by atoms with E-state index in [-0.39, 0.29) is 23.9 Å². The third-order valence-electron chi connectivity index (χ3n) is 6.72. The van der Waals surface area contributed by atoms with Crippen molar-refractivity contribution in [3.63, 3.8) is 0 Å². The lowest BCUT2D eigenvalue weighted by molar-refractivity contribution is -0.148. The van der Waals surface area contributed by atoms with Gasteiger partial charge in [-0.3, -0.25) is 4.79 Å². The molecule has 0 radical (unpaired) electrons. The quantitative estimate of drug-likeness (QED) is 0.824. The van der Waals surface area contributed by atoms with Crippen molar-refractivity contribution < 1.29 is 9.90 Å². The number of hydrogen-bond acceptors (Lipinski definition) is 5. The second-order valence-corrected chi connectivity index (χ2v) is 8.37. The molecule has 2 saturated heterocycles. The van der Waals surface area contributed by atoms with Gasteiger partial charge in [-0.1, -0.05) is 6.07 Å². The fourth-order valence-electron chi connectivity index (χ4n) is 5.05. The maximum atomic E-state index is 13.1. The van der Waals surface area contributed by atoms with Gasteiger partial charge < -0.3 is 25.1 Å². The summed E-state index contributed by atoms with van der Waals surface area (Å²) < 4.78 is 0. The first-order chi connectivity index (χ1) is 13.0. The molecule has 0 bridgehead atoms. The van der Waals surface area contributed by atoms with Crippen molar-refractivity contribution in [1.29, 1.82) is 0 Å². The van der Waals surface area contributed by atoms with Gasteiger partial charge in [0, 0.05) is 44.5 Å². The number of benzene rings is 1. The first kappa shape index (κ1) is 18.7. The highest BCUT2D eigenvalue weighted by molar-refractivity contribution is 5.82. The number of carbonyl (C=O) groups is 1. The van der Waals surface area contributed by atoms with Crippen LogP contribution in [0.5, 0.6) is 0 Å². The van der Waals surface area contributed by atoms with E-state index in [4.69, 9.17) is 0 Å². The fraction of sp³-hybridized carbons (Fsp3) is 0.667. The third-order valence-corrected chi connectivity index (χ3v) is 6.72. The minimum atomic E-state index is -0.631. The lowest BCUT2D eigenvalue weighted by atomic mass is 9.78. The highest BCUT2D eigenvalue weighted by Crippen LogP contribution is 2.41. The van der Waals surface area contributed by atoms with Gasteiger partial charge in [-0.2, -0.15) is 0 Å². The predicted octanol–water partition coefficient (Wildman–Crippen LogP) is 0.853. The minimum absolute atomic E-state index is 0.0111. The van der Waals surface area contributed by atoms with Gasteiger partial charge in [0.15, 0.2) is 0 Å². The summed E-state index contributed by atoms with van der Waals surface area (Å²) in [5, 5.41) is 13.5. The van der Waals surface area contributed by atoms with E-state index in [1.807, 2.05) is 11.9 Å². The number of likely N-dealkylation sites (N-methyl/N-ethyl adjacent to an activating group) is 1. The summed E-state index contributed by atoms with van der Waals surface area (Å²) in [5.41, 5.74) is 3.94. The van der Waals surface area contributed by atoms with Crippen molar-refractivity contribution in [2.75, 3.05) is 51.7 Å². The van der Waals surface area contributed by atoms with Crippen molar-refractivity contribution >= 4 is 11.6 Å². The zero-order chi connectivity index (χ0) is 19.1. The van der Waals surface area contributed by atoms with E-state index >= 15 is 0 Å². The molecule has 3 heterocycles. The number of carbonyl (C=O) groups excluding carboxylic acids is 1. The summed E-state index contributed by atoms with van der Waals surface area (Å²) in [6.07, 6.45) is 1.13. The van der Waals surface area contributed by atoms with E-state index in [9.17, 15) is 9.90 Å². The Morgan fingerprint density at radius 3 is 2.59 bits per heavy atom. The zero-order valence-corrected chi connectivity index (χ0v) is 16.7. The lowest BCUT2D eigenvalue weighted by Gasteiger charge is -2.47. The first-order valence-electron chi connectivity index (χ1n) is 10.2. The van der Waals surface area contributed by atoms with Crippen LogP contribution in [0.15, 0.2) is 18.2 Å². The number of piperidine rings is 1. The van der Waals surface area contributed by atoms with Crippen LogP contribution in [0.4, 0.5) is 5.69 Å². The Balaban J connectivity index is 1.63. The number of rotatable bonds is 3. The number of anilines is 1. The summed E-state index contributed by atoms with van der Waals surface area (Å²) in [4.78, 5) is 19.9. The molecule has 0 aliphatic carbocycles. The summed E-state index contributed by atoms with van der Waals surface area (Å²) in [7, 11) is 4.07. The molecule has 4 rings (SSSR count). The molecule has 1 amide bonds. The minimum Gasteiger partial charge on any atom is -0.393 e. The number of nitrogens with one attached hydrogen (secondary N) is 1. The van der Waals surface area contributed by atoms with Gasteiger partial charge in [-0.15, -0.1) is 0 Å². The highest BCUT2D eigenvalue weighted by Gasteiger charge is 2.45. The molecule has 4 atom stereocenters. The van der Waals surface area contributed by atoms with E-state index in [0.717, 1.165) is 45.6 Å². The SMILES string of the molecule is CN[C@H]1C[C@H]2c3cc(N4CCN(C)CC4)ccc3CCN2C(=O)[C@H]1[C@H](C)O. The van der Waals surface area contributed by atoms with Gasteiger partial charge in [0.1, 0.15) is 0 Å². The summed E-state index contributed by atoms with van der Waals surface area (Å²) >= 11 is 0. The second-order valence-electron chi connectivity index (χ2n) is 8.37. The Kier molecular flexibility index (Phi) is 5.14. The number of aliphatic hydroxyl groups excluding tert-OH is 1. The number of aliphatic hydroxyl groups is 1. The van der Waals surface area contributed by atoms with Gasteiger partial charge in [0.25, 0.3) is 0 Å². The van der Waals surface area contributed by atoms with E-state index < -0.39 is 6.10 Å². The van der Waals surface area contributed by atoms with Crippen molar-refractivity contribution in [3.8, 4) is 0 Å². The number of piperazine rings is 1. The molecule has 0 unspecified atom stereocenters. The van der Waals surface area contributed by atoms with Crippen molar-refractivity contribution in [2.45, 2.75) is 38.0 Å². The largest absolute Gasteiger partial charge is 0.393 e. The number of fused-ring (bicyclic) bond motifs is 3. The predicted molar refractivity (Wildman–Crippen MR) is 107 cm³/mol. The summed E-state index contributed by atoms with van der Waals surface area (Å²) in [6, 6.07) is 6.96. The average molecular weight is 373 g/mol. The molecule has 27 heavy (non-hydrogen) atoms. The Hall–Kier alpha value is -1.63. The molecule has 6 nitrogen and oxygen atoms in total. The van der Waals surface area contributed by atoms with Crippen LogP contribution in [-0.4, -0.2) is 79.8 Å². The Morgan fingerprint density at radius 2 is 1.93 bits per heavy atom. The summed E-state index contributed by atoms with van der Waals surface area (Å²) in [6.45, 7) is 6.75. The van der Waals surface area contributed by atoms with Crippen molar-refractivity contribution in [3.05, 3.63) is 29.3 Å². The van der Waals surface area contributed by atoms with Gasteiger partial charge in [0.2, 0.25) is 5.91 Å². The standard InChI is InChI=1S/C21H32N4O2/c1-14(26)20-18(22-2)13-19-17-12-16(24-10-8-23(3)9-11-24)5-4-15(17)6-7-25(19)21(20)27/h4-5,12,14,18-20,22,26H,6-11,13H2,1-3H3/t14-,18-,19-,20-/m0/s1. The van der Waals surface area contributed by atoms with Crippen LogP contribution < -0.4 is 10.2 Å². The van der Waals surface area contributed by atoms with Gasteiger partial charge in [0.05, 0.1) is 18.1 Å². The monoisotopic (exact) mass is 372 g/mol. The van der Waals surface area contributed by atoms with Gasteiger partial charge >= 0.3 is 0 Å². The number of nitrogens with zero attached hydrogens (tertiary/aromatic N) is 3. The molecule has 148 valence electrons. The van der Waals surface area contributed by atoms with Crippen LogP contribution in [0.1, 0.15) is 30.5 Å². The van der Waals surface area contributed by atoms with Crippen molar-refractivity contribution in [2.24, 2.45) is 5.92 Å². The second kappa shape index (κ2) is 7.41. The third kappa shape index (κ3) is 3.35. The fourth-order valence-corrected chi connectivity index (χ4v) is 5.05. The lowest BCUT2D eigenvalue weighted by Crippen LogP contribution is -2.58. The smallest absolute Gasteiger partial charge is 0.230 e. The summed E-state index contributed by atoms with van der Waals surface area (Å²) in [5.74, 6) is -0.259. The topological polar surface area (TPSA) is 59.0 Å². The molecule has 2 fully saturated rings. The van der Waals surface area contributed by atoms with Gasteiger partial charge in [-0.05, 0) is 57.1 Å². The maximum Gasteiger partial charge on any atom is 0.230 e. The molecule has 3 aliphatic rings. The van der Waals surface area contributed by atoms with E-state index in [1.54, 1.807) is 6.92 Å². The van der Waals surface area contributed by atoms with Crippen LogP contribution in [0.3, 0.4) is 0 Å². The molecule has 1 aromatic carbocycles. The van der Waals surface area contributed by atoms with Crippen LogP contribution >= 0.6 is 0 Å². The molecular formula is C21H32N4O2. The molecule has 6 heteroatoms. The van der Waals surface area contributed by atoms with Gasteiger partial charge in [-0.25, -0.2) is 0 Å². The maximum absolute atomic E-state index is 13.1. The average Bonchev–Trinajstić information content (AvgIpc) is 2.67. The molecule has 0 saturated carbocycles. The van der Waals surface area contributed by atoms with Crippen molar-refractivity contribution in [1.82, 2.24) is 15.1 Å². The molecule has 3 aliphatic heterocycles. The van der Waals surface area contributed by atoms with Crippen LogP contribution in [0, 0.1) is 5.92 Å². The van der Waals surface area contributed by atoms with E-state index in [2.05, 4.69) is 40.4 Å². The molecular weight excluding hydrogens is 340 g/mol. The van der Waals surface area contributed by atoms with E-state index in [0.29, 0.717) is 0 Å². The van der Waals surface area contributed by atoms with Crippen LogP contribution in [0.25, 0.3) is 0 Å². The number of amides is 1. The van der Waals surface area contributed by atoms with Crippen LogP contribution in [0.2, 0.25) is 0 Å². The Morgan fingerprint density at radius 1 is 1.19 bits per heavy atom. The normalized spacial score (nSPS) is 30.1. The zero-order valence-electron chi connectivity index (χ0n) is 16.7. The number of hydrogen-bond donors (Lipinski definition) is 2. The molecule has 0 spiro atoms. The molecule has 0 aromatic heterocycles. The van der Waals surface area contributed by atoms with Crippen LogP contribution in [-0.2, 0) is 11.2 Å². The highest BCUT2D eigenvalue weighted by atomic mass is 16.3. The first-order valence-corrected chi connectivity index (χ1v) is 10.2.